The molecule has 1 amide bonds. The molecule has 3 N–H and O–H groups in total. The Kier molecular flexibility index (Phi) is 7.61. The number of anilines is 4. The van der Waals surface area contributed by atoms with Gasteiger partial charge in [0, 0.05) is 30.4 Å². The van der Waals surface area contributed by atoms with Gasteiger partial charge in [0.1, 0.15) is 23.0 Å². The monoisotopic (exact) mass is 486 g/mol. The minimum atomic E-state index is -0.487. The minimum absolute atomic E-state index is 0.225. The summed E-state index contributed by atoms with van der Waals surface area (Å²) in [7, 11) is 1.56. The fourth-order valence-corrected chi connectivity index (χ4v) is 3.60. The van der Waals surface area contributed by atoms with Gasteiger partial charge in [0.2, 0.25) is 0 Å². The number of ether oxygens (including phenoxy) is 1. The maximum absolute atomic E-state index is 13.2. The summed E-state index contributed by atoms with van der Waals surface area (Å²) in [6.07, 6.45) is 4.91. The van der Waals surface area contributed by atoms with Crippen molar-refractivity contribution in [1.29, 1.82) is 0 Å². The molecule has 4 rings (SSSR count). The minimum Gasteiger partial charge on any atom is -0.494 e. The number of amides is 1. The van der Waals surface area contributed by atoms with Gasteiger partial charge in [-0.1, -0.05) is 6.07 Å². The fraction of sp³-hybridized carbons (Fsp3) is 0.200. The number of nitrogens with one attached hydrogen (secondary N) is 3. The average molecular weight is 487 g/mol. The van der Waals surface area contributed by atoms with Gasteiger partial charge in [0.15, 0.2) is 11.6 Å². The van der Waals surface area contributed by atoms with Crippen LogP contribution in [0.25, 0.3) is 11.4 Å². The molecule has 0 unspecified atom stereocenters. The maximum Gasteiger partial charge on any atom is 0.280 e. The first-order valence-electron chi connectivity index (χ1n) is 11.2. The third-order valence-corrected chi connectivity index (χ3v) is 4.99. The van der Waals surface area contributed by atoms with Crippen LogP contribution in [0.1, 0.15) is 28.8 Å². The van der Waals surface area contributed by atoms with Crippen molar-refractivity contribution in [3.8, 4) is 17.1 Å². The summed E-state index contributed by atoms with van der Waals surface area (Å²) in [4.78, 5) is 40.1. The summed E-state index contributed by atoms with van der Waals surface area (Å²) in [6.45, 7) is 5.73. The second-order valence-corrected chi connectivity index (χ2v) is 7.60. The Balaban J connectivity index is 1.77. The smallest absolute Gasteiger partial charge is 0.280 e. The number of hydrogen-bond acceptors (Lipinski definition) is 10. The predicted octanol–water partition coefficient (Wildman–Crippen LogP) is 4.12. The molecule has 184 valence electrons. The molecule has 0 aliphatic rings. The quantitative estimate of drug-likeness (QED) is 0.296. The summed E-state index contributed by atoms with van der Waals surface area (Å²) in [5.74, 6) is 1.94. The van der Waals surface area contributed by atoms with Gasteiger partial charge in [0.25, 0.3) is 5.91 Å². The van der Waals surface area contributed by atoms with Crippen molar-refractivity contribution in [2.75, 3.05) is 24.4 Å². The number of nitrogens with zero attached hydrogens (tertiary/aromatic N) is 5. The molecule has 11 heteroatoms. The van der Waals surface area contributed by atoms with E-state index in [1.807, 2.05) is 25.1 Å². The van der Waals surface area contributed by atoms with Crippen molar-refractivity contribution in [3.63, 3.8) is 0 Å². The van der Waals surface area contributed by atoms with Crippen LogP contribution in [0.2, 0.25) is 0 Å². The SMILES string of the molecule is CCONC(=O)c1c(Nc2cccc(-c3ncccn3)c2OC)ccnc1Nc1cc(C)nc(C)n1. The zero-order chi connectivity index (χ0) is 25.5. The van der Waals surface area contributed by atoms with Crippen LogP contribution in [0.5, 0.6) is 5.75 Å². The van der Waals surface area contributed by atoms with Gasteiger partial charge in [-0.2, -0.15) is 0 Å². The van der Waals surface area contributed by atoms with E-state index in [1.54, 1.807) is 57.7 Å². The normalized spacial score (nSPS) is 10.6. The summed E-state index contributed by atoms with van der Waals surface area (Å²) < 4.78 is 5.70. The van der Waals surface area contributed by atoms with Gasteiger partial charge in [0.05, 0.1) is 30.7 Å². The van der Waals surface area contributed by atoms with Crippen molar-refractivity contribution < 1.29 is 14.4 Å². The van der Waals surface area contributed by atoms with Crippen molar-refractivity contribution in [3.05, 3.63) is 72.1 Å². The highest BCUT2D eigenvalue weighted by molar-refractivity contribution is 6.05. The van der Waals surface area contributed by atoms with E-state index in [0.717, 1.165) is 5.69 Å². The third-order valence-electron chi connectivity index (χ3n) is 4.99. The molecular formula is C25H26N8O3. The Morgan fingerprint density at radius 3 is 2.47 bits per heavy atom. The highest BCUT2D eigenvalue weighted by Crippen LogP contribution is 2.37. The van der Waals surface area contributed by atoms with E-state index < -0.39 is 5.91 Å². The van der Waals surface area contributed by atoms with Crippen LogP contribution in [0, 0.1) is 13.8 Å². The molecule has 0 aliphatic heterocycles. The Morgan fingerprint density at radius 2 is 1.75 bits per heavy atom. The van der Waals surface area contributed by atoms with Gasteiger partial charge in [-0.25, -0.2) is 30.4 Å². The Morgan fingerprint density at radius 1 is 0.944 bits per heavy atom. The lowest BCUT2D eigenvalue weighted by molar-refractivity contribution is 0.0366. The molecule has 11 nitrogen and oxygen atoms in total. The molecule has 0 bridgehead atoms. The van der Waals surface area contributed by atoms with Gasteiger partial charge in [-0.05, 0) is 45.0 Å². The number of benzene rings is 1. The fourth-order valence-electron chi connectivity index (χ4n) is 3.60. The van der Waals surface area contributed by atoms with E-state index in [0.29, 0.717) is 46.8 Å². The number of aryl methyl sites for hydroxylation is 2. The van der Waals surface area contributed by atoms with E-state index in [-0.39, 0.29) is 11.4 Å². The topological polar surface area (TPSA) is 136 Å². The van der Waals surface area contributed by atoms with E-state index in [1.165, 1.54) is 0 Å². The molecule has 0 saturated heterocycles. The number of methoxy groups -OCH3 is 1. The Hall–Kier alpha value is -4.64. The second-order valence-electron chi connectivity index (χ2n) is 7.60. The summed E-state index contributed by atoms with van der Waals surface area (Å²) in [6, 6.07) is 10.7. The maximum atomic E-state index is 13.2. The number of aromatic nitrogens is 5. The standard InChI is InChI=1S/C25H26N8O3/c1-5-36-33-25(34)21-18(10-13-28-24(21)32-20-14-15(2)29-16(3)30-20)31-19-9-6-8-17(22(19)35-4)23-26-11-7-12-27-23/h6-14H,5H2,1-4H3,(H,33,34)(H2,28,29,30,31,32). The van der Waals surface area contributed by atoms with E-state index in [9.17, 15) is 4.79 Å². The lowest BCUT2D eigenvalue weighted by atomic mass is 10.1. The molecule has 4 aromatic rings. The van der Waals surface area contributed by atoms with Crippen molar-refractivity contribution in [2.24, 2.45) is 0 Å². The largest absolute Gasteiger partial charge is 0.494 e. The summed E-state index contributed by atoms with van der Waals surface area (Å²) >= 11 is 0. The van der Waals surface area contributed by atoms with Crippen LogP contribution >= 0.6 is 0 Å². The summed E-state index contributed by atoms with van der Waals surface area (Å²) in [5, 5.41) is 6.43. The van der Waals surface area contributed by atoms with Crippen LogP contribution < -0.4 is 20.9 Å². The van der Waals surface area contributed by atoms with E-state index in [2.05, 4.69) is 41.0 Å². The zero-order valence-corrected chi connectivity index (χ0v) is 20.4. The highest BCUT2D eigenvalue weighted by Gasteiger charge is 2.21. The molecule has 1 aromatic carbocycles. The molecule has 0 fully saturated rings. The molecular weight excluding hydrogens is 460 g/mol. The van der Waals surface area contributed by atoms with Gasteiger partial charge < -0.3 is 15.4 Å². The first kappa shape index (κ1) is 24.5. The van der Waals surface area contributed by atoms with E-state index in [4.69, 9.17) is 9.57 Å². The number of para-hydroxylation sites is 1. The molecule has 3 aromatic heterocycles. The first-order valence-corrected chi connectivity index (χ1v) is 11.2. The number of carbonyl (C=O) groups excluding carboxylic acids is 1. The molecule has 0 spiro atoms. The molecule has 0 radical (unpaired) electrons. The van der Waals surface area contributed by atoms with Crippen LogP contribution in [0.4, 0.5) is 23.0 Å². The number of hydroxylamine groups is 1. The zero-order valence-electron chi connectivity index (χ0n) is 20.4. The lowest BCUT2D eigenvalue weighted by Crippen LogP contribution is -2.26. The lowest BCUT2D eigenvalue weighted by Gasteiger charge is -2.18. The molecule has 0 atom stereocenters. The van der Waals surface area contributed by atoms with Crippen molar-refractivity contribution in [1.82, 2.24) is 30.4 Å². The second kappa shape index (κ2) is 11.2. The van der Waals surface area contributed by atoms with E-state index >= 15 is 0 Å². The average Bonchev–Trinajstić information content (AvgIpc) is 2.87. The van der Waals surface area contributed by atoms with Gasteiger partial charge >= 0.3 is 0 Å². The summed E-state index contributed by atoms with van der Waals surface area (Å²) in [5.41, 5.74) is 5.23. The van der Waals surface area contributed by atoms with Gasteiger partial charge in [-0.3, -0.25) is 9.63 Å². The van der Waals surface area contributed by atoms with Crippen molar-refractivity contribution >= 4 is 28.9 Å². The van der Waals surface area contributed by atoms with Crippen LogP contribution in [0.3, 0.4) is 0 Å². The first-order chi connectivity index (χ1) is 17.5. The van der Waals surface area contributed by atoms with Gasteiger partial charge in [-0.15, -0.1) is 0 Å². The molecule has 36 heavy (non-hydrogen) atoms. The molecule has 3 heterocycles. The van der Waals surface area contributed by atoms with Crippen LogP contribution in [-0.4, -0.2) is 44.5 Å². The molecule has 0 saturated carbocycles. The van der Waals surface area contributed by atoms with Crippen LogP contribution in [-0.2, 0) is 4.84 Å². The highest BCUT2D eigenvalue weighted by atomic mass is 16.6. The number of carbonyl (C=O) groups is 1. The molecule has 0 aliphatic carbocycles. The predicted molar refractivity (Wildman–Crippen MR) is 135 cm³/mol. The third kappa shape index (κ3) is 5.53. The Bertz CT molecular complexity index is 1340. The van der Waals surface area contributed by atoms with Crippen LogP contribution in [0.15, 0.2) is 55.0 Å². The number of rotatable bonds is 9. The van der Waals surface area contributed by atoms with Crippen molar-refractivity contribution in [2.45, 2.75) is 20.8 Å². The Labute approximate surface area is 208 Å². The number of pyridine rings is 1. The number of hydrogen-bond donors (Lipinski definition) is 3.